The van der Waals surface area contributed by atoms with Gasteiger partial charge in [-0.2, -0.15) is 4.68 Å². The van der Waals surface area contributed by atoms with Gasteiger partial charge in [0.1, 0.15) is 0 Å². The molecule has 0 saturated carbocycles. The maximum atomic E-state index is 11.8. The van der Waals surface area contributed by atoms with Crippen LogP contribution < -0.4 is 5.76 Å². The number of hydrogen-bond acceptors (Lipinski definition) is 8. The summed E-state index contributed by atoms with van der Waals surface area (Å²) in [7, 11) is 0. The molecule has 1 saturated heterocycles. The number of esters is 1. The van der Waals surface area contributed by atoms with Crippen molar-refractivity contribution in [2.75, 3.05) is 13.2 Å². The predicted octanol–water partition coefficient (Wildman–Crippen LogP) is 0.647. The van der Waals surface area contributed by atoms with Crippen LogP contribution in [0.15, 0.2) is 26.7 Å². The van der Waals surface area contributed by atoms with Crippen LogP contribution in [0.2, 0.25) is 0 Å². The van der Waals surface area contributed by atoms with Crippen LogP contribution >= 0.6 is 11.3 Å². The second-order valence-electron chi connectivity index (χ2n) is 5.33. The van der Waals surface area contributed by atoms with Crippen molar-refractivity contribution in [3.63, 3.8) is 0 Å². The molecule has 2 amide bonds. The van der Waals surface area contributed by atoms with E-state index in [1.54, 1.807) is 12.1 Å². The van der Waals surface area contributed by atoms with Crippen molar-refractivity contribution in [1.82, 2.24) is 14.7 Å². The molecule has 25 heavy (non-hydrogen) atoms. The van der Waals surface area contributed by atoms with Crippen LogP contribution in [0.5, 0.6) is 0 Å². The highest BCUT2D eigenvalue weighted by Crippen LogP contribution is 2.21. The van der Waals surface area contributed by atoms with E-state index in [1.165, 1.54) is 11.3 Å². The van der Waals surface area contributed by atoms with Crippen LogP contribution in [-0.4, -0.2) is 45.6 Å². The van der Waals surface area contributed by atoms with Crippen LogP contribution in [-0.2, 0) is 25.7 Å². The SMILES string of the molecule is O=C(CCn1nc(-c2cccs2)oc1=O)OCC(=O)N1CCCC1=O. The summed E-state index contributed by atoms with van der Waals surface area (Å²) in [5.41, 5.74) is 0. The van der Waals surface area contributed by atoms with Crippen molar-refractivity contribution in [2.24, 2.45) is 0 Å². The van der Waals surface area contributed by atoms with Crippen molar-refractivity contribution in [2.45, 2.75) is 25.8 Å². The molecular weight excluding hydrogens is 350 g/mol. The van der Waals surface area contributed by atoms with Crippen molar-refractivity contribution < 1.29 is 23.5 Å². The first kappa shape index (κ1) is 17.1. The number of amides is 2. The van der Waals surface area contributed by atoms with Crippen molar-refractivity contribution in [3.05, 3.63) is 28.1 Å². The lowest BCUT2D eigenvalue weighted by molar-refractivity contribution is -0.154. The highest BCUT2D eigenvalue weighted by Gasteiger charge is 2.27. The Morgan fingerprint density at radius 1 is 1.36 bits per heavy atom. The molecule has 132 valence electrons. The average Bonchev–Trinajstić information content (AvgIpc) is 3.31. The lowest BCUT2D eigenvalue weighted by atomic mass is 10.4. The molecule has 1 aliphatic heterocycles. The highest BCUT2D eigenvalue weighted by atomic mass is 32.1. The molecule has 0 atom stereocenters. The number of ether oxygens (including phenoxy) is 1. The van der Waals surface area contributed by atoms with Gasteiger partial charge >= 0.3 is 11.7 Å². The zero-order valence-corrected chi connectivity index (χ0v) is 14.0. The summed E-state index contributed by atoms with van der Waals surface area (Å²) in [4.78, 5) is 48.4. The van der Waals surface area contributed by atoms with Crippen molar-refractivity contribution in [1.29, 1.82) is 0 Å². The number of rotatable bonds is 6. The number of likely N-dealkylation sites (tertiary alicyclic amines) is 1. The van der Waals surface area contributed by atoms with Gasteiger partial charge in [0.2, 0.25) is 5.91 Å². The molecule has 2 aromatic rings. The molecule has 2 aromatic heterocycles. The van der Waals surface area contributed by atoms with Gasteiger partial charge in [-0.3, -0.25) is 19.3 Å². The zero-order valence-electron chi connectivity index (χ0n) is 13.2. The minimum Gasteiger partial charge on any atom is -0.455 e. The molecule has 10 heteroatoms. The molecule has 3 rings (SSSR count). The van der Waals surface area contributed by atoms with E-state index in [0.717, 1.165) is 9.58 Å². The number of hydrogen-bond donors (Lipinski definition) is 0. The number of imide groups is 1. The van der Waals surface area contributed by atoms with Gasteiger partial charge in [0.15, 0.2) is 6.61 Å². The van der Waals surface area contributed by atoms with Crippen LogP contribution in [0.3, 0.4) is 0 Å². The fourth-order valence-electron chi connectivity index (χ4n) is 2.35. The molecule has 1 aliphatic rings. The molecule has 9 nitrogen and oxygen atoms in total. The Hall–Kier alpha value is -2.75. The van der Waals surface area contributed by atoms with Crippen LogP contribution in [0.25, 0.3) is 10.8 Å². The number of aryl methyl sites for hydroxylation is 1. The smallest absolute Gasteiger partial charge is 0.437 e. The van der Waals surface area contributed by atoms with E-state index in [-0.39, 0.29) is 24.8 Å². The van der Waals surface area contributed by atoms with Gasteiger partial charge in [0.25, 0.3) is 11.8 Å². The van der Waals surface area contributed by atoms with E-state index >= 15 is 0 Å². The van der Waals surface area contributed by atoms with Gasteiger partial charge in [-0.25, -0.2) is 4.79 Å². The first-order valence-electron chi connectivity index (χ1n) is 7.65. The lowest BCUT2D eigenvalue weighted by Gasteiger charge is -2.13. The first-order chi connectivity index (χ1) is 12.0. The van der Waals surface area contributed by atoms with Gasteiger partial charge in [-0.1, -0.05) is 6.07 Å². The van der Waals surface area contributed by atoms with E-state index in [9.17, 15) is 19.2 Å². The van der Waals surface area contributed by atoms with Crippen molar-refractivity contribution >= 4 is 29.1 Å². The van der Waals surface area contributed by atoms with E-state index in [0.29, 0.717) is 24.3 Å². The molecule has 3 heterocycles. The average molecular weight is 365 g/mol. The molecule has 0 radical (unpaired) electrons. The molecule has 0 N–H and O–H groups in total. The van der Waals surface area contributed by atoms with E-state index in [2.05, 4.69) is 5.10 Å². The number of nitrogens with zero attached hydrogens (tertiary/aromatic N) is 3. The second-order valence-corrected chi connectivity index (χ2v) is 6.27. The Morgan fingerprint density at radius 3 is 2.88 bits per heavy atom. The van der Waals surface area contributed by atoms with Gasteiger partial charge in [-0.05, 0) is 17.9 Å². The number of carbonyl (C=O) groups is 3. The summed E-state index contributed by atoms with van der Waals surface area (Å²) in [5, 5.41) is 5.84. The summed E-state index contributed by atoms with van der Waals surface area (Å²) in [6.45, 7) is -0.156. The van der Waals surface area contributed by atoms with Gasteiger partial charge in [-0.15, -0.1) is 16.4 Å². The number of aromatic nitrogens is 2. The minimum atomic E-state index is -0.671. The van der Waals surface area contributed by atoms with Crippen LogP contribution in [0, 0.1) is 0 Å². The molecule has 0 aromatic carbocycles. The Bertz CT molecular complexity index is 838. The van der Waals surface area contributed by atoms with E-state index in [1.807, 2.05) is 5.38 Å². The molecule has 0 spiro atoms. The fourth-order valence-corrected chi connectivity index (χ4v) is 2.99. The Morgan fingerprint density at radius 2 is 2.20 bits per heavy atom. The summed E-state index contributed by atoms with van der Waals surface area (Å²) in [6, 6.07) is 3.57. The summed E-state index contributed by atoms with van der Waals surface area (Å²) in [5.74, 6) is -1.93. The fraction of sp³-hybridized carbons (Fsp3) is 0.400. The van der Waals surface area contributed by atoms with Crippen LogP contribution in [0.4, 0.5) is 0 Å². The Balaban J connectivity index is 1.48. The quantitative estimate of drug-likeness (QED) is 0.691. The topological polar surface area (TPSA) is 112 Å². The highest BCUT2D eigenvalue weighted by molar-refractivity contribution is 7.13. The van der Waals surface area contributed by atoms with E-state index < -0.39 is 24.2 Å². The second kappa shape index (κ2) is 7.43. The standard InChI is InChI=1S/C15H15N3O6S/c19-11-4-1-6-17(11)12(20)9-23-13(21)5-7-18-15(22)24-14(16-18)10-3-2-8-25-10/h2-3,8H,1,4-7,9H2. The molecule has 0 unspecified atom stereocenters. The van der Waals surface area contributed by atoms with Crippen LogP contribution in [0.1, 0.15) is 19.3 Å². The number of carbonyl (C=O) groups excluding carboxylic acids is 3. The summed E-state index contributed by atoms with van der Waals surface area (Å²) < 4.78 is 10.9. The number of thiophene rings is 1. The third-order valence-electron chi connectivity index (χ3n) is 3.60. The van der Waals surface area contributed by atoms with Gasteiger partial charge in [0.05, 0.1) is 17.8 Å². The zero-order chi connectivity index (χ0) is 17.8. The lowest BCUT2D eigenvalue weighted by Crippen LogP contribution is -2.35. The molecule has 0 aliphatic carbocycles. The maximum absolute atomic E-state index is 11.8. The Kier molecular flexibility index (Phi) is 5.08. The monoisotopic (exact) mass is 365 g/mol. The summed E-state index contributed by atoms with van der Waals surface area (Å²) in [6.07, 6.45) is 0.819. The predicted molar refractivity (Wildman–Crippen MR) is 85.6 cm³/mol. The maximum Gasteiger partial charge on any atom is 0.437 e. The molecule has 0 bridgehead atoms. The largest absolute Gasteiger partial charge is 0.455 e. The molecule has 1 fully saturated rings. The summed E-state index contributed by atoms with van der Waals surface area (Å²) >= 11 is 1.38. The Labute approximate surface area is 145 Å². The minimum absolute atomic E-state index is 0.0244. The third-order valence-corrected chi connectivity index (χ3v) is 4.45. The third kappa shape index (κ3) is 4.02. The normalized spacial score (nSPS) is 14.1. The van der Waals surface area contributed by atoms with E-state index in [4.69, 9.17) is 9.15 Å². The molecular formula is C15H15N3O6S. The first-order valence-corrected chi connectivity index (χ1v) is 8.53. The van der Waals surface area contributed by atoms with Gasteiger partial charge in [0, 0.05) is 13.0 Å². The van der Waals surface area contributed by atoms with Crippen molar-refractivity contribution in [3.8, 4) is 10.8 Å². The van der Waals surface area contributed by atoms with Gasteiger partial charge < -0.3 is 9.15 Å².